The van der Waals surface area contributed by atoms with Gasteiger partial charge in [-0.1, -0.05) is 45.4 Å². The van der Waals surface area contributed by atoms with E-state index in [4.69, 9.17) is 15.9 Å². The van der Waals surface area contributed by atoms with Crippen molar-refractivity contribution in [2.75, 3.05) is 0 Å². The highest BCUT2D eigenvalue weighted by Gasteiger charge is 2.17. The van der Waals surface area contributed by atoms with Crippen molar-refractivity contribution in [1.82, 2.24) is 5.32 Å². The minimum atomic E-state index is -0.549. The predicted octanol–water partition coefficient (Wildman–Crippen LogP) is 4.02. The van der Waals surface area contributed by atoms with Crippen LogP contribution >= 0.6 is 0 Å². The van der Waals surface area contributed by atoms with E-state index in [2.05, 4.69) is 12.2 Å². The summed E-state index contributed by atoms with van der Waals surface area (Å²) in [5.41, 5.74) is 0.223. The Kier molecular flexibility index (Phi) is 11.3. The van der Waals surface area contributed by atoms with Crippen molar-refractivity contribution in [1.29, 1.82) is 15.9 Å². The summed E-state index contributed by atoms with van der Waals surface area (Å²) in [5.74, 6) is -0.112. The van der Waals surface area contributed by atoms with Crippen molar-refractivity contribution in [3.05, 3.63) is 11.1 Å². The summed E-state index contributed by atoms with van der Waals surface area (Å²) in [6, 6.07) is 3.25. The normalized spacial score (nSPS) is 12.6. The zero-order valence-corrected chi connectivity index (χ0v) is 14.5. The van der Waals surface area contributed by atoms with E-state index in [-0.39, 0.29) is 22.8 Å². The van der Waals surface area contributed by atoms with Crippen LogP contribution in [-0.4, -0.2) is 17.7 Å². The summed E-state index contributed by atoms with van der Waals surface area (Å²) in [4.78, 5) is 11.9. The van der Waals surface area contributed by atoms with Crippen molar-refractivity contribution in [2.45, 2.75) is 78.2 Å². The smallest absolute Gasteiger partial charge is 0.220 e. The van der Waals surface area contributed by atoms with E-state index in [0.717, 1.165) is 19.3 Å². The van der Waals surface area contributed by atoms with E-state index in [1.54, 1.807) is 6.92 Å². The molecule has 126 valence electrons. The molecule has 0 fully saturated rings. The molecule has 0 aliphatic heterocycles. The molecule has 5 heteroatoms. The standard InChI is InChI=1S/C18H28N4O/c1-4-5-6-7-8-9-10-11-18(23)22-15(3)17(13-20)16(12-19)14(2)21/h15,21H,4-11H2,1-3H3,(H,22,23). The van der Waals surface area contributed by atoms with Gasteiger partial charge in [0.1, 0.15) is 6.07 Å². The average Bonchev–Trinajstić information content (AvgIpc) is 2.50. The van der Waals surface area contributed by atoms with E-state index in [0.29, 0.717) is 6.42 Å². The highest BCUT2D eigenvalue weighted by molar-refractivity contribution is 6.01. The molecule has 1 amide bonds. The number of amides is 1. The fourth-order valence-electron chi connectivity index (χ4n) is 2.34. The number of carbonyl (C=O) groups is 1. The lowest BCUT2D eigenvalue weighted by atomic mass is 10.0. The fourth-order valence-corrected chi connectivity index (χ4v) is 2.34. The van der Waals surface area contributed by atoms with Crippen molar-refractivity contribution in [3.8, 4) is 12.1 Å². The van der Waals surface area contributed by atoms with E-state index in [1.165, 1.54) is 32.6 Å². The van der Waals surface area contributed by atoms with Crippen LogP contribution in [0, 0.1) is 28.1 Å². The average molecular weight is 316 g/mol. The quantitative estimate of drug-likeness (QED) is 0.342. The molecule has 0 bridgehead atoms. The molecule has 0 heterocycles. The second-order valence-corrected chi connectivity index (χ2v) is 5.80. The third-order valence-electron chi connectivity index (χ3n) is 3.69. The summed E-state index contributed by atoms with van der Waals surface area (Å²) in [5, 5.41) is 28.5. The second kappa shape index (κ2) is 12.4. The molecule has 23 heavy (non-hydrogen) atoms. The van der Waals surface area contributed by atoms with E-state index in [1.807, 2.05) is 12.1 Å². The number of hydrogen-bond donors (Lipinski definition) is 2. The van der Waals surface area contributed by atoms with Crippen LogP contribution in [0.25, 0.3) is 0 Å². The summed E-state index contributed by atoms with van der Waals surface area (Å²) in [6.45, 7) is 5.32. The van der Waals surface area contributed by atoms with Crippen LogP contribution in [0.1, 0.15) is 72.1 Å². The molecule has 0 saturated carbocycles. The lowest BCUT2D eigenvalue weighted by Gasteiger charge is -2.14. The lowest BCUT2D eigenvalue weighted by Crippen LogP contribution is -2.34. The molecule has 0 aliphatic rings. The molecule has 0 aromatic heterocycles. The Morgan fingerprint density at radius 1 is 1.09 bits per heavy atom. The van der Waals surface area contributed by atoms with Crippen molar-refractivity contribution in [2.24, 2.45) is 0 Å². The maximum absolute atomic E-state index is 11.9. The minimum absolute atomic E-state index is 0.0382. The van der Waals surface area contributed by atoms with Gasteiger partial charge in [0.05, 0.1) is 23.3 Å². The van der Waals surface area contributed by atoms with Gasteiger partial charge in [-0.25, -0.2) is 0 Å². The van der Waals surface area contributed by atoms with Crippen LogP contribution < -0.4 is 5.32 Å². The van der Waals surface area contributed by atoms with Crippen LogP contribution in [0.2, 0.25) is 0 Å². The number of nitriles is 2. The van der Waals surface area contributed by atoms with E-state index in [9.17, 15) is 4.79 Å². The number of carbonyl (C=O) groups excluding carboxylic acids is 1. The molecule has 0 saturated heterocycles. The highest BCUT2D eigenvalue weighted by Crippen LogP contribution is 2.11. The number of nitrogens with zero attached hydrogens (tertiary/aromatic N) is 2. The molecule has 0 rings (SSSR count). The van der Waals surface area contributed by atoms with E-state index < -0.39 is 6.04 Å². The number of unbranched alkanes of at least 4 members (excludes halogenated alkanes) is 6. The topological polar surface area (TPSA) is 101 Å². The van der Waals surface area contributed by atoms with Gasteiger partial charge in [-0.05, 0) is 20.3 Å². The molecule has 1 unspecified atom stereocenters. The Balaban J connectivity index is 4.27. The first kappa shape index (κ1) is 20.9. The second-order valence-electron chi connectivity index (χ2n) is 5.80. The van der Waals surface area contributed by atoms with Crippen LogP contribution in [0.3, 0.4) is 0 Å². The van der Waals surface area contributed by atoms with E-state index >= 15 is 0 Å². The molecule has 0 radical (unpaired) electrons. The Hall–Kier alpha value is -2.14. The summed E-state index contributed by atoms with van der Waals surface area (Å²) >= 11 is 0. The molecule has 2 N–H and O–H groups in total. The number of allylic oxidation sites excluding steroid dienone is 1. The SMILES string of the molecule is CCCCCCCCCC(=O)NC(C)C(C#N)=C(C#N)C(C)=N. The van der Waals surface area contributed by atoms with Crippen LogP contribution in [0.15, 0.2) is 11.1 Å². The fraction of sp³-hybridized carbons (Fsp3) is 0.667. The molecule has 0 aromatic rings. The number of hydrogen-bond acceptors (Lipinski definition) is 4. The van der Waals surface area contributed by atoms with Crippen LogP contribution in [0.5, 0.6) is 0 Å². The van der Waals surface area contributed by atoms with Gasteiger partial charge in [-0.3, -0.25) is 4.79 Å². The lowest BCUT2D eigenvalue weighted by molar-refractivity contribution is -0.121. The van der Waals surface area contributed by atoms with Crippen LogP contribution in [-0.2, 0) is 4.79 Å². The minimum Gasteiger partial charge on any atom is -0.349 e. The molecular formula is C18H28N4O. The third-order valence-corrected chi connectivity index (χ3v) is 3.69. The van der Waals surface area contributed by atoms with Gasteiger partial charge in [0.15, 0.2) is 0 Å². The Morgan fingerprint density at radius 2 is 1.65 bits per heavy atom. The molecule has 5 nitrogen and oxygen atoms in total. The predicted molar refractivity (Wildman–Crippen MR) is 91.9 cm³/mol. The third kappa shape index (κ3) is 8.78. The first-order valence-electron chi connectivity index (χ1n) is 8.37. The summed E-state index contributed by atoms with van der Waals surface area (Å²) in [7, 11) is 0. The van der Waals surface area contributed by atoms with Crippen LogP contribution in [0.4, 0.5) is 0 Å². The van der Waals surface area contributed by atoms with Gasteiger partial charge in [0, 0.05) is 12.1 Å². The molecular weight excluding hydrogens is 288 g/mol. The van der Waals surface area contributed by atoms with Gasteiger partial charge in [-0.15, -0.1) is 0 Å². The van der Waals surface area contributed by atoms with Crippen molar-refractivity contribution >= 4 is 11.6 Å². The maximum Gasteiger partial charge on any atom is 0.220 e. The van der Waals surface area contributed by atoms with Gasteiger partial charge in [0.2, 0.25) is 5.91 Å². The molecule has 0 aromatic carbocycles. The number of nitrogens with one attached hydrogen (secondary N) is 2. The van der Waals surface area contributed by atoms with Gasteiger partial charge in [-0.2, -0.15) is 10.5 Å². The first-order valence-corrected chi connectivity index (χ1v) is 8.37. The zero-order valence-electron chi connectivity index (χ0n) is 14.5. The maximum atomic E-state index is 11.9. The first-order chi connectivity index (χ1) is 11.0. The Morgan fingerprint density at radius 3 is 2.13 bits per heavy atom. The molecule has 0 spiro atoms. The van der Waals surface area contributed by atoms with Crippen molar-refractivity contribution < 1.29 is 4.79 Å². The Bertz CT molecular complexity index is 508. The summed E-state index contributed by atoms with van der Waals surface area (Å²) < 4.78 is 0. The highest BCUT2D eigenvalue weighted by atomic mass is 16.1. The van der Waals surface area contributed by atoms with Gasteiger partial charge < -0.3 is 10.7 Å². The number of rotatable bonds is 11. The Labute approximate surface area is 139 Å². The monoisotopic (exact) mass is 316 g/mol. The van der Waals surface area contributed by atoms with Crippen molar-refractivity contribution in [3.63, 3.8) is 0 Å². The molecule has 1 atom stereocenters. The largest absolute Gasteiger partial charge is 0.349 e. The zero-order chi connectivity index (χ0) is 17.7. The summed E-state index contributed by atoms with van der Waals surface area (Å²) in [6.07, 6.45) is 8.44. The molecule has 0 aliphatic carbocycles. The van der Waals surface area contributed by atoms with Gasteiger partial charge >= 0.3 is 0 Å². The van der Waals surface area contributed by atoms with Gasteiger partial charge in [0.25, 0.3) is 0 Å².